The number of aromatic nitrogens is 3. The largest absolute Gasteiger partial charge is 0.326 e. The molecule has 0 aliphatic heterocycles. The zero-order chi connectivity index (χ0) is 11.6. The first-order valence-electron chi connectivity index (χ1n) is 5.50. The monoisotopic (exact) mass is 210 g/mol. The van der Waals surface area contributed by atoms with Crippen LogP contribution < -0.4 is 5.73 Å². The van der Waals surface area contributed by atoms with Crippen molar-refractivity contribution in [3.05, 3.63) is 11.6 Å². The van der Waals surface area contributed by atoms with Gasteiger partial charge >= 0.3 is 0 Å². The van der Waals surface area contributed by atoms with Crippen LogP contribution in [0.1, 0.15) is 51.8 Å². The third-order valence-electron chi connectivity index (χ3n) is 2.45. The van der Waals surface area contributed by atoms with E-state index in [1.54, 1.807) is 0 Å². The summed E-state index contributed by atoms with van der Waals surface area (Å²) < 4.78 is 2.17. The first-order chi connectivity index (χ1) is 6.81. The highest BCUT2D eigenvalue weighted by Crippen LogP contribution is 2.15. The van der Waals surface area contributed by atoms with Gasteiger partial charge in [0.05, 0.1) is 0 Å². The Bertz CT molecular complexity index is 320. The Morgan fingerprint density at radius 3 is 2.40 bits per heavy atom. The van der Waals surface area contributed by atoms with Crippen LogP contribution in [-0.2, 0) is 6.42 Å². The smallest absolute Gasteiger partial charge is 0.133 e. The molecule has 1 aromatic rings. The van der Waals surface area contributed by atoms with Gasteiger partial charge in [-0.25, -0.2) is 0 Å². The fraction of sp³-hybridized carbons (Fsp3) is 0.818. The molecule has 0 amide bonds. The lowest BCUT2D eigenvalue weighted by molar-refractivity contribution is 0.455. The molecule has 1 rings (SSSR count). The number of hydrogen-bond acceptors (Lipinski definition) is 3. The molecule has 0 saturated carbocycles. The molecule has 4 nitrogen and oxygen atoms in total. The second-order valence-electron chi connectivity index (χ2n) is 5.12. The summed E-state index contributed by atoms with van der Waals surface area (Å²) in [5.41, 5.74) is 5.82. The first kappa shape index (κ1) is 12.2. The highest BCUT2D eigenvalue weighted by atomic mass is 15.3. The van der Waals surface area contributed by atoms with Crippen molar-refractivity contribution >= 4 is 0 Å². The van der Waals surface area contributed by atoms with E-state index in [0.29, 0.717) is 6.04 Å². The van der Waals surface area contributed by atoms with Gasteiger partial charge in [0.1, 0.15) is 11.6 Å². The van der Waals surface area contributed by atoms with Crippen molar-refractivity contribution in [2.75, 3.05) is 0 Å². The normalized spacial score (nSPS) is 12.5. The second-order valence-corrected chi connectivity index (χ2v) is 5.12. The number of nitrogens with zero attached hydrogens (tertiary/aromatic N) is 3. The Kier molecular flexibility index (Phi) is 3.50. The summed E-state index contributed by atoms with van der Waals surface area (Å²) >= 11 is 0. The van der Waals surface area contributed by atoms with Crippen LogP contribution in [0.3, 0.4) is 0 Å². The summed E-state index contributed by atoms with van der Waals surface area (Å²) in [5.74, 6) is 2.02. The van der Waals surface area contributed by atoms with Gasteiger partial charge in [-0.2, -0.15) is 0 Å². The van der Waals surface area contributed by atoms with E-state index in [-0.39, 0.29) is 5.54 Å². The van der Waals surface area contributed by atoms with Crippen LogP contribution in [-0.4, -0.2) is 20.3 Å². The van der Waals surface area contributed by atoms with Crippen LogP contribution >= 0.6 is 0 Å². The maximum atomic E-state index is 5.96. The third kappa shape index (κ3) is 3.30. The molecule has 2 N–H and O–H groups in total. The van der Waals surface area contributed by atoms with Crippen molar-refractivity contribution in [3.63, 3.8) is 0 Å². The summed E-state index contributed by atoms with van der Waals surface area (Å²) in [6, 6.07) is 0.413. The van der Waals surface area contributed by atoms with Gasteiger partial charge in [-0.1, -0.05) is 0 Å². The van der Waals surface area contributed by atoms with Crippen molar-refractivity contribution in [2.45, 2.75) is 59.0 Å². The third-order valence-corrected chi connectivity index (χ3v) is 2.45. The highest BCUT2D eigenvalue weighted by Gasteiger charge is 2.16. The zero-order valence-electron chi connectivity index (χ0n) is 10.4. The van der Waals surface area contributed by atoms with E-state index in [1.165, 1.54) is 0 Å². The van der Waals surface area contributed by atoms with Crippen LogP contribution in [0.4, 0.5) is 0 Å². The topological polar surface area (TPSA) is 56.7 Å². The minimum absolute atomic E-state index is 0.137. The quantitative estimate of drug-likeness (QED) is 0.825. The molecule has 0 atom stereocenters. The van der Waals surface area contributed by atoms with Gasteiger partial charge < -0.3 is 10.3 Å². The molecule has 15 heavy (non-hydrogen) atoms. The van der Waals surface area contributed by atoms with Crippen LogP contribution in [0.15, 0.2) is 0 Å². The van der Waals surface area contributed by atoms with Gasteiger partial charge in [0.2, 0.25) is 0 Å². The van der Waals surface area contributed by atoms with E-state index in [4.69, 9.17) is 5.73 Å². The molecule has 86 valence electrons. The van der Waals surface area contributed by atoms with E-state index in [1.807, 2.05) is 20.8 Å². The van der Waals surface area contributed by atoms with Crippen LogP contribution in [0, 0.1) is 6.92 Å². The molecule has 0 aromatic carbocycles. The molecule has 0 saturated heterocycles. The van der Waals surface area contributed by atoms with E-state index < -0.39 is 0 Å². The number of nitrogens with two attached hydrogens (primary N) is 1. The number of hydrogen-bond donors (Lipinski definition) is 1. The predicted molar refractivity (Wildman–Crippen MR) is 61.7 cm³/mol. The van der Waals surface area contributed by atoms with Gasteiger partial charge in [-0.15, -0.1) is 10.2 Å². The van der Waals surface area contributed by atoms with Crippen molar-refractivity contribution < 1.29 is 0 Å². The molecule has 0 radical (unpaired) electrons. The second kappa shape index (κ2) is 4.31. The fourth-order valence-corrected chi connectivity index (χ4v) is 1.69. The summed E-state index contributed by atoms with van der Waals surface area (Å²) in [6.07, 6.45) is 1.82. The van der Waals surface area contributed by atoms with Gasteiger partial charge in [-0.05, 0) is 41.0 Å². The predicted octanol–water partition coefficient (Wildman–Crippen LogP) is 1.84. The van der Waals surface area contributed by atoms with Crippen molar-refractivity contribution in [3.8, 4) is 0 Å². The minimum atomic E-state index is -0.137. The summed E-state index contributed by atoms with van der Waals surface area (Å²) in [7, 11) is 0. The van der Waals surface area contributed by atoms with Crippen molar-refractivity contribution in [1.82, 2.24) is 14.8 Å². The number of rotatable bonds is 4. The maximum Gasteiger partial charge on any atom is 0.133 e. The lowest BCUT2D eigenvalue weighted by Gasteiger charge is -2.19. The Morgan fingerprint density at radius 1 is 1.33 bits per heavy atom. The van der Waals surface area contributed by atoms with Crippen LogP contribution in [0.2, 0.25) is 0 Å². The Balaban J connectivity index is 2.78. The highest BCUT2D eigenvalue weighted by molar-refractivity contribution is 4.97. The molecular weight excluding hydrogens is 188 g/mol. The molecule has 0 fully saturated rings. The lowest BCUT2D eigenvalue weighted by Crippen LogP contribution is -2.32. The van der Waals surface area contributed by atoms with Gasteiger partial charge in [0, 0.05) is 18.0 Å². The minimum Gasteiger partial charge on any atom is -0.326 e. The SMILES string of the molecule is Cc1nnc(CCC(C)(C)N)n1C(C)C. The van der Waals surface area contributed by atoms with Crippen LogP contribution in [0.5, 0.6) is 0 Å². The molecule has 0 aliphatic carbocycles. The lowest BCUT2D eigenvalue weighted by atomic mass is 10.00. The molecule has 4 heteroatoms. The van der Waals surface area contributed by atoms with Crippen molar-refractivity contribution in [2.24, 2.45) is 5.73 Å². The maximum absolute atomic E-state index is 5.96. The first-order valence-corrected chi connectivity index (χ1v) is 5.50. The van der Waals surface area contributed by atoms with Gasteiger partial charge in [0.25, 0.3) is 0 Å². The molecule has 0 spiro atoms. The zero-order valence-corrected chi connectivity index (χ0v) is 10.4. The van der Waals surface area contributed by atoms with E-state index >= 15 is 0 Å². The fourth-order valence-electron chi connectivity index (χ4n) is 1.69. The Morgan fingerprint density at radius 2 is 1.93 bits per heavy atom. The van der Waals surface area contributed by atoms with Gasteiger partial charge in [0.15, 0.2) is 0 Å². The van der Waals surface area contributed by atoms with Gasteiger partial charge in [-0.3, -0.25) is 0 Å². The molecule has 0 aliphatic rings. The van der Waals surface area contributed by atoms with E-state index in [9.17, 15) is 0 Å². The van der Waals surface area contributed by atoms with E-state index in [0.717, 1.165) is 24.5 Å². The average molecular weight is 210 g/mol. The standard InChI is InChI=1S/C11H22N4/c1-8(2)15-9(3)13-14-10(15)6-7-11(4,5)12/h8H,6-7,12H2,1-5H3. The summed E-state index contributed by atoms with van der Waals surface area (Å²) in [5, 5.41) is 8.31. The molecule has 0 bridgehead atoms. The van der Waals surface area contributed by atoms with Crippen molar-refractivity contribution in [1.29, 1.82) is 0 Å². The Hall–Kier alpha value is -0.900. The average Bonchev–Trinajstić information content (AvgIpc) is 2.42. The molecular formula is C11H22N4. The van der Waals surface area contributed by atoms with Crippen LogP contribution in [0.25, 0.3) is 0 Å². The Labute approximate surface area is 91.9 Å². The summed E-state index contributed by atoms with van der Waals surface area (Å²) in [6.45, 7) is 10.4. The molecule has 1 heterocycles. The molecule has 1 aromatic heterocycles. The molecule has 0 unspecified atom stereocenters. The van der Waals surface area contributed by atoms with E-state index in [2.05, 4.69) is 28.6 Å². The summed E-state index contributed by atoms with van der Waals surface area (Å²) in [4.78, 5) is 0. The number of aryl methyl sites for hydroxylation is 2.